The summed E-state index contributed by atoms with van der Waals surface area (Å²) in [4.78, 5) is 15.2. The molecule has 1 heterocycles. The zero-order valence-electron chi connectivity index (χ0n) is 14.9. The zero-order chi connectivity index (χ0) is 16.7. The van der Waals surface area contributed by atoms with Gasteiger partial charge in [0.2, 0.25) is 5.91 Å². The minimum atomic E-state index is -0.0187. The molecule has 2 unspecified atom stereocenters. The fourth-order valence-corrected chi connectivity index (χ4v) is 3.39. The van der Waals surface area contributed by atoms with Gasteiger partial charge in [-0.15, -0.1) is 0 Å². The molecule has 3 heteroatoms. The van der Waals surface area contributed by atoms with E-state index in [-0.39, 0.29) is 11.8 Å². The zero-order valence-corrected chi connectivity index (χ0v) is 14.9. The SMILES string of the molecule is CCCC(C(=O)NCC(C)N1CCC(C)CC1)c1ccccc1. The Morgan fingerprint density at radius 2 is 1.91 bits per heavy atom. The van der Waals surface area contributed by atoms with Crippen LogP contribution in [0.2, 0.25) is 0 Å². The van der Waals surface area contributed by atoms with Gasteiger partial charge in [-0.05, 0) is 50.8 Å². The molecule has 1 aromatic carbocycles. The molecular weight excluding hydrogens is 284 g/mol. The smallest absolute Gasteiger partial charge is 0.227 e. The monoisotopic (exact) mass is 316 g/mol. The molecule has 1 saturated heterocycles. The van der Waals surface area contributed by atoms with Crippen LogP contribution in [0.3, 0.4) is 0 Å². The third-order valence-corrected chi connectivity index (χ3v) is 5.11. The third-order valence-electron chi connectivity index (χ3n) is 5.11. The Balaban J connectivity index is 1.86. The maximum Gasteiger partial charge on any atom is 0.227 e. The van der Waals surface area contributed by atoms with Gasteiger partial charge in [-0.2, -0.15) is 0 Å². The number of carbonyl (C=O) groups is 1. The van der Waals surface area contributed by atoms with Gasteiger partial charge >= 0.3 is 0 Å². The van der Waals surface area contributed by atoms with Crippen molar-refractivity contribution in [2.24, 2.45) is 5.92 Å². The second-order valence-electron chi connectivity index (χ2n) is 7.06. The van der Waals surface area contributed by atoms with Gasteiger partial charge in [0.25, 0.3) is 0 Å². The highest BCUT2D eigenvalue weighted by atomic mass is 16.1. The summed E-state index contributed by atoms with van der Waals surface area (Å²) < 4.78 is 0. The van der Waals surface area contributed by atoms with E-state index < -0.39 is 0 Å². The summed E-state index contributed by atoms with van der Waals surface area (Å²) >= 11 is 0. The van der Waals surface area contributed by atoms with Gasteiger partial charge in [-0.25, -0.2) is 0 Å². The standard InChI is InChI=1S/C20H32N2O/c1-4-8-19(18-9-6-5-7-10-18)20(23)21-15-17(3)22-13-11-16(2)12-14-22/h5-7,9-10,16-17,19H,4,8,11-15H2,1-3H3,(H,21,23). The molecular formula is C20H32N2O. The average molecular weight is 316 g/mol. The number of hydrogen-bond acceptors (Lipinski definition) is 2. The number of benzene rings is 1. The first-order valence-electron chi connectivity index (χ1n) is 9.18. The fourth-order valence-electron chi connectivity index (χ4n) is 3.39. The molecule has 0 spiro atoms. The largest absolute Gasteiger partial charge is 0.354 e. The molecule has 1 fully saturated rings. The summed E-state index contributed by atoms with van der Waals surface area (Å²) in [7, 11) is 0. The Kier molecular flexibility index (Phi) is 7.10. The maximum absolute atomic E-state index is 12.6. The second-order valence-corrected chi connectivity index (χ2v) is 7.06. The second kappa shape index (κ2) is 9.07. The average Bonchev–Trinajstić information content (AvgIpc) is 2.58. The molecule has 0 saturated carbocycles. The van der Waals surface area contributed by atoms with Crippen molar-refractivity contribution in [3.63, 3.8) is 0 Å². The Morgan fingerprint density at radius 3 is 2.52 bits per heavy atom. The molecule has 2 rings (SSSR count). The predicted octanol–water partition coefficient (Wildman–Crippen LogP) is 3.81. The van der Waals surface area contributed by atoms with Gasteiger partial charge in [0.15, 0.2) is 0 Å². The van der Waals surface area contributed by atoms with Gasteiger partial charge in [0.1, 0.15) is 0 Å². The summed E-state index contributed by atoms with van der Waals surface area (Å²) in [5, 5.41) is 3.19. The van der Waals surface area contributed by atoms with Crippen LogP contribution in [0.1, 0.15) is 57.9 Å². The lowest BCUT2D eigenvalue weighted by Crippen LogP contribution is -2.46. The van der Waals surface area contributed by atoms with Crippen LogP contribution >= 0.6 is 0 Å². The van der Waals surface area contributed by atoms with E-state index in [1.165, 1.54) is 12.8 Å². The van der Waals surface area contributed by atoms with E-state index in [9.17, 15) is 4.79 Å². The molecule has 1 aliphatic heterocycles. The maximum atomic E-state index is 12.6. The highest BCUT2D eigenvalue weighted by Gasteiger charge is 2.23. The minimum absolute atomic E-state index is 0.0187. The van der Waals surface area contributed by atoms with E-state index in [0.29, 0.717) is 6.04 Å². The molecule has 1 aliphatic rings. The lowest BCUT2D eigenvalue weighted by Gasteiger charge is -2.35. The molecule has 0 bridgehead atoms. The van der Waals surface area contributed by atoms with E-state index >= 15 is 0 Å². The normalized spacial score (nSPS) is 19.3. The molecule has 0 radical (unpaired) electrons. The summed E-state index contributed by atoms with van der Waals surface area (Å²) in [6.07, 6.45) is 4.49. The van der Waals surface area contributed by atoms with Crippen LogP contribution in [0.25, 0.3) is 0 Å². The molecule has 23 heavy (non-hydrogen) atoms. The predicted molar refractivity (Wildman–Crippen MR) is 96.5 cm³/mol. The Morgan fingerprint density at radius 1 is 1.26 bits per heavy atom. The highest BCUT2D eigenvalue weighted by molar-refractivity contribution is 5.83. The number of amides is 1. The van der Waals surface area contributed by atoms with Crippen LogP contribution in [0.15, 0.2) is 30.3 Å². The van der Waals surface area contributed by atoms with Gasteiger partial charge in [0.05, 0.1) is 5.92 Å². The molecule has 1 aromatic rings. The van der Waals surface area contributed by atoms with Crippen LogP contribution in [-0.2, 0) is 4.79 Å². The van der Waals surface area contributed by atoms with Gasteiger partial charge in [-0.1, -0.05) is 50.6 Å². The quantitative estimate of drug-likeness (QED) is 0.829. The van der Waals surface area contributed by atoms with Gasteiger partial charge in [-0.3, -0.25) is 9.69 Å². The van der Waals surface area contributed by atoms with Crippen molar-refractivity contribution < 1.29 is 4.79 Å². The Bertz CT molecular complexity index is 466. The van der Waals surface area contributed by atoms with Crippen molar-refractivity contribution >= 4 is 5.91 Å². The van der Waals surface area contributed by atoms with Crippen LogP contribution in [0.5, 0.6) is 0 Å². The summed E-state index contributed by atoms with van der Waals surface area (Å²) in [6, 6.07) is 10.6. The first-order chi connectivity index (χ1) is 11.1. The van der Waals surface area contributed by atoms with Crippen molar-refractivity contribution in [1.82, 2.24) is 10.2 Å². The summed E-state index contributed by atoms with van der Waals surface area (Å²) in [5.41, 5.74) is 1.13. The number of nitrogens with zero attached hydrogens (tertiary/aromatic N) is 1. The van der Waals surface area contributed by atoms with E-state index in [0.717, 1.165) is 44.0 Å². The summed E-state index contributed by atoms with van der Waals surface area (Å²) in [6.45, 7) is 9.78. The number of piperidine rings is 1. The lowest BCUT2D eigenvalue weighted by molar-refractivity contribution is -0.123. The van der Waals surface area contributed by atoms with Crippen molar-refractivity contribution in [3.8, 4) is 0 Å². The number of nitrogens with one attached hydrogen (secondary N) is 1. The molecule has 1 amide bonds. The lowest BCUT2D eigenvalue weighted by atomic mass is 9.93. The molecule has 3 nitrogen and oxygen atoms in total. The Hall–Kier alpha value is -1.35. The van der Waals surface area contributed by atoms with Crippen molar-refractivity contribution in [3.05, 3.63) is 35.9 Å². The van der Waals surface area contributed by atoms with Crippen molar-refractivity contribution in [2.45, 2.75) is 58.4 Å². The van der Waals surface area contributed by atoms with E-state index in [1.54, 1.807) is 0 Å². The van der Waals surface area contributed by atoms with E-state index in [4.69, 9.17) is 0 Å². The molecule has 0 aliphatic carbocycles. The number of hydrogen-bond donors (Lipinski definition) is 1. The highest BCUT2D eigenvalue weighted by Crippen LogP contribution is 2.22. The van der Waals surface area contributed by atoms with Crippen molar-refractivity contribution in [1.29, 1.82) is 0 Å². The van der Waals surface area contributed by atoms with Crippen LogP contribution < -0.4 is 5.32 Å². The van der Waals surface area contributed by atoms with E-state index in [2.05, 4.69) is 43.1 Å². The summed E-state index contributed by atoms with van der Waals surface area (Å²) in [5.74, 6) is 1.00. The van der Waals surface area contributed by atoms with E-state index in [1.807, 2.05) is 18.2 Å². The van der Waals surface area contributed by atoms with Gasteiger partial charge < -0.3 is 5.32 Å². The number of carbonyl (C=O) groups excluding carboxylic acids is 1. The van der Waals surface area contributed by atoms with Crippen LogP contribution in [-0.4, -0.2) is 36.5 Å². The first-order valence-corrected chi connectivity index (χ1v) is 9.18. The number of rotatable bonds is 7. The number of likely N-dealkylation sites (tertiary alicyclic amines) is 1. The molecule has 2 atom stereocenters. The van der Waals surface area contributed by atoms with Gasteiger partial charge in [0, 0.05) is 12.6 Å². The molecule has 0 aromatic heterocycles. The molecule has 128 valence electrons. The third kappa shape index (κ3) is 5.35. The minimum Gasteiger partial charge on any atom is -0.354 e. The molecule has 1 N–H and O–H groups in total. The first kappa shape index (κ1) is 18.0. The van der Waals surface area contributed by atoms with Crippen LogP contribution in [0, 0.1) is 5.92 Å². The Labute approximate surface area is 141 Å². The van der Waals surface area contributed by atoms with Crippen LogP contribution in [0.4, 0.5) is 0 Å². The fraction of sp³-hybridized carbons (Fsp3) is 0.650. The van der Waals surface area contributed by atoms with Crippen molar-refractivity contribution in [2.75, 3.05) is 19.6 Å². The topological polar surface area (TPSA) is 32.3 Å².